The summed E-state index contributed by atoms with van der Waals surface area (Å²) in [5.41, 5.74) is 12.8. The van der Waals surface area contributed by atoms with Crippen LogP contribution in [-0.4, -0.2) is 5.84 Å². The van der Waals surface area contributed by atoms with E-state index in [0.29, 0.717) is 0 Å². The molecule has 2 aliphatic rings. The molecular weight excluding hydrogens is 643 g/mol. The number of amidine groups is 1. The zero-order chi connectivity index (χ0) is 35.2. The number of rotatable bonds is 6. The van der Waals surface area contributed by atoms with Crippen LogP contribution in [0.5, 0.6) is 0 Å². The van der Waals surface area contributed by atoms with Crippen molar-refractivity contribution in [2.75, 3.05) is 0 Å². The highest BCUT2D eigenvalue weighted by atomic mass is 15.3. The van der Waals surface area contributed by atoms with E-state index in [0.717, 1.165) is 22.5 Å². The van der Waals surface area contributed by atoms with E-state index in [9.17, 15) is 0 Å². The number of aliphatic imine (C=N–C) groups is 1. The van der Waals surface area contributed by atoms with Crippen LogP contribution in [0.15, 0.2) is 205 Å². The Balaban J connectivity index is 1.28. The van der Waals surface area contributed by atoms with Crippen molar-refractivity contribution in [2.24, 2.45) is 4.99 Å². The highest BCUT2D eigenvalue weighted by molar-refractivity contribution is 6.07. The van der Waals surface area contributed by atoms with Gasteiger partial charge in [0.1, 0.15) is 18.2 Å². The fourth-order valence-corrected chi connectivity index (χ4v) is 8.69. The first-order valence-electron chi connectivity index (χ1n) is 18.4. The van der Waals surface area contributed by atoms with E-state index in [1.165, 1.54) is 55.3 Å². The molecule has 8 aromatic carbocycles. The maximum absolute atomic E-state index is 5.38. The van der Waals surface area contributed by atoms with Crippen LogP contribution in [-0.2, 0) is 5.41 Å². The molecule has 0 saturated heterocycles. The summed E-state index contributed by atoms with van der Waals surface area (Å²) in [7, 11) is 0. The van der Waals surface area contributed by atoms with E-state index in [4.69, 9.17) is 4.99 Å². The number of benzene rings is 8. The molecule has 8 aromatic rings. The van der Waals surface area contributed by atoms with Crippen LogP contribution in [0.3, 0.4) is 0 Å². The van der Waals surface area contributed by atoms with Crippen molar-refractivity contribution in [3.8, 4) is 22.3 Å². The van der Waals surface area contributed by atoms with Gasteiger partial charge in [0.25, 0.3) is 0 Å². The fraction of sp³-hybridized carbons (Fsp3) is 0.0600. The van der Waals surface area contributed by atoms with Gasteiger partial charge < -0.3 is 5.32 Å². The van der Waals surface area contributed by atoms with E-state index in [1.807, 2.05) is 0 Å². The fourth-order valence-electron chi connectivity index (χ4n) is 8.69. The van der Waals surface area contributed by atoms with Gasteiger partial charge in [-0.1, -0.05) is 194 Å². The Kier molecular flexibility index (Phi) is 7.59. The predicted molar refractivity (Wildman–Crippen MR) is 218 cm³/mol. The van der Waals surface area contributed by atoms with E-state index in [-0.39, 0.29) is 12.3 Å². The van der Waals surface area contributed by atoms with E-state index >= 15 is 0 Å². The van der Waals surface area contributed by atoms with Crippen molar-refractivity contribution in [2.45, 2.75) is 17.7 Å². The summed E-state index contributed by atoms with van der Waals surface area (Å²) in [5, 5.41) is 10.1. The molecule has 10 rings (SSSR count). The lowest BCUT2D eigenvalue weighted by Crippen LogP contribution is -2.45. The molecule has 1 aliphatic heterocycles. The molecule has 53 heavy (non-hydrogen) atoms. The lowest BCUT2D eigenvalue weighted by Gasteiger charge is -2.36. The summed E-state index contributed by atoms with van der Waals surface area (Å²) in [6.45, 7) is 0. The lowest BCUT2D eigenvalue weighted by atomic mass is 9.66. The van der Waals surface area contributed by atoms with Crippen LogP contribution in [0.4, 0.5) is 0 Å². The largest absolute Gasteiger partial charge is 0.350 e. The molecule has 0 fully saturated rings. The molecule has 0 bridgehead atoms. The van der Waals surface area contributed by atoms with Crippen molar-refractivity contribution in [1.29, 1.82) is 0 Å². The van der Waals surface area contributed by atoms with Crippen molar-refractivity contribution >= 4 is 16.6 Å². The summed E-state index contributed by atoms with van der Waals surface area (Å²) < 4.78 is 0. The van der Waals surface area contributed by atoms with Crippen LogP contribution in [0, 0.1) is 0 Å². The van der Waals surface area contributed by atoms with Gasteiger partial charge in [-0.05, 0) is 72.5 Å². The number of nitrogens with one attached hydrogen (secondary N) is 2. The quantitative estimate of drug-likeness (QED) is 0.184. The van der Waals surface area contributed by atoms with Crippen molar-refractivity contribution in [1.82, 2.24) is 10.6 Å². The standard InChI is InChI=1S/C50H37N3/c1-6-18-34(19-7-1)43-32-37-24-16-17-29-41(37)46-45(43)42-31-30-38(33-44(42)50(46,39-25-12-4-13-26-39)40-27-14-5-15-28-40)49-52-47(35-20-8-2-9-21-35)51-48(53-49)36-22-10-3-11-23-36/h1-33,47,49,52H,(H,51,53). The Morgan fingerprint density at radius 1 is 0.472 bits per heavy atom. The third-order valence-corrected chi connectivity index (χ3v) is 11.0. The summed E-state index contributed by atoms with van der Waals surface area (Å²) >= 11 is 0. The first kappa shape index (κ1) is 31.2. The van der Waals surface area contributed by atoms with E-state index in [2.05, 4.69) is 211 Å². The Labute approximate surface area is 310 Å². The normalized spacial score (nSPS) is 17.0. The lowest BCUT2D eigenvalue weighted by molar-refractivity contribution is 0.408. The molecule has 2 atom stereocenters. The van der Waals surface area contributed by atoms with Crippen molar-refractivity contribution in [3.05, 3.63) is 239 Å². The SMILES string of the molecule is c1ccc(C2=NC(c3ccc4c(c3)C(c3ccccc3)(c3ccccc3)c3c-4c(-c4ccccc4)cc4ccccc34)NC(c3ccccc3)N2)cc1. The topological polar surface area (TPSA) is 36.4 Å². The monoisotopic (exact) mass is 679 g/mol. The van der Waals surface area contributed by atoms with Crippen LogP contribution in [0.2, 0.25) is 0 Å². The van der Waals surface area contributed by atoms with Crippen molar-refractivity contribution in [3.63, 3.8) is 0 Å². The molecule has 252 valence electrons. The molecular formula is C50H37N3. The van der Waals surface area contributed by atoms with Gasteiger partial charge in [0.05, 0.1) is 5.41 Å². The van der Waals surface area contributed by atoms with Crippen molar-refractivity contribution < 1.29 is 0 Å². The molecule has 1 aliphatic carbocycles. The first-order chi connectivity index (χ1) is 26.3. The van der Waals surface area contributed by atoms with Gasteiger partial charge in [0.2, 0.25) is 0 Å². The van der Waals surface area contributed by atoms with Crippen LogP contribution >= 0.6 is 0 Å². The molecule has 0 radical (unpaired) electrons. The molecule has 0 aromatic heterocycles. The minimum absolute atomic E-state index is 0.124. The minimum Gasteiger partial charge on any atom is -0.350 e. The van der Waals surface area contributed by atoms with Gasteiger partial charge in [-0.25, -0.2) is 4.99 Å². The highest BCUT2D eigenvalue weighted by Crippen LogP contribution is 2.60. The molecule has 0 saturated carbocycles. The molecule has 2 N–H and O–H groups in total. The zero-order valence-corrected chi connectivity index (χ0v) is 29.2. The van der Waals surface area contributed by atoms with Crippen LogP contribution in [0.25, 0.3) is 33.0 Å². The van der Waals surface area contributed by atoms with Crippen LogP contribution in [0.1, 0.15) is 51.3 Å². The number of fused-ring (bicyclic) bond motifs is 5. The highest BCUT2D eigenvalue weighted by Gasteiger charge is 2.48. The third-order valence-electron chi connectivity index (χ3n) is 11.0. The molecule has 3 nitrogen and oxygen atoms in total. The molecule has 2 unspecified atom stereocenters. The summed E-state index contributed by atoms with van der Waals surface area (Å²) in [6.07, 6.45) is -0.416. The molecule has 1 heterocycles. The van der Waals surface area contributed by atoms with Gasteiger partial charge in [-0.15, -0.1) is 0 Å². The maximum Gasteiger partial charge on any atom is 0.131 e. The van der Waals surface area contributed by atoms with Gasteiger partial charge >= 0.3 is 0 Å². The smallest absolute Gasteiger partial charge is 0.131 e. The number of hydrogen-bond donors (Lipinski definition) is 2. The Bertz CT molecular complexity index is 2560. The minimum atomic E-state index is -0.592. The zero-order valence-electron chi connectivity index (χ0n) is 29.2. The van der Waals surface area contributed by atoms with Gasteiger partial charge in [0, 0.05) is 5.56 Å². The number of hydrogen-bond acceptors (Lipinski definition) is 3. The van der Waals surface area contributed by atoms with Gasteiger partial charge in [-0.3, -0.25) is 5.32 Å². The number of nitrogens with zero attached hydrogens (tertiary/aromatic N) is 1. The molecule has 0 amide bonds. The van der Waals surface area contributed by atoms with Crippen LogP contribution < -0.4 is 10.6 Å². The average Bonchev–Trinajstić information content (AvgIpc) is 3.56. The second kappa shape index (κ2) is 12.9. The van der Waals surface area contributed by atoms with Gasteiger partial charge in [-0.2, -0.15) is 0 Å². The average molecular weight is 680 g/mol. The third kappa shape index (κ3) is 5.12. The van der Waals surface area contributed by atoms with Gasteiger partial charge in [0.15, 0.2) is 0 Å². The molecule has 3 heteroatoms. The second-order valence-corrected chi connectivity index (χ2v) is 13.9. The maximum atomic E-state index is 5.38. The summed E-state index contributed by atoms with van der Waals surface area (Å²) in [5.74, 6) is 0.877. The first-order valence-corrected chi connectivity index (χ1v) is 18.4. The molecule has 0 spiro atoms. The Morgan fingerprint density at radius 3 is 1.70 bits per heavy atom. The predicted octanol–water partition coefficient (Wildman–Crippen LogP) is 11.2. The Morgan fingerprint density at radius 2 is 1.04 bits per heavy atom. The summed E-state index contributed by atoms with van der Waals surface area (Å²) in [4.78, 5) is 5.38. The van der Waals surface area contributed by atoms with E-state index in [1.54, 1.807) is 0 Å². The Hall–Kier alpha value is -6.55. The second-order valence-electron chi connectivity index (χ2n) is 13.9. The van der Waals surface area contributed by atoms with E-state index < -0.39 is 5.41 Å². The summed E-state index contributed by atoms with van der Waals surface area (Å²) in [6, 6.07) is 72.5.